The molecule has 1 amide bonds. The van der Waals surface area contributed by atoms with Gasteiger partial charge in [0.05, 0.1) is 30.5 Å². The summed E-state index contributed by atoms with van der Waals surface area (Å²) in [5.41, 5.74) is 5.68. The lowest BCUT2D eigenvalue weighted by Gasteiger charge is -2.17. The van der Waals surface area contributed by atoms with Crippen LogP contribution in [-0.4, -0.2) is 43.6 Å². The molecule has 0 spiro atoms. The van der Waals surface area contributed by atoms with Crippen LogP contribution < -0.4 is 16.3 Å². The third kappa shape index (κ3) is 5.89. The Hall–Kier alpha value is -3.22. The number of carbonyl (C=O) groups excluding carboxylic acids is 1. The number of amides is 1. The summed E-state index contributed by atoms with van der Waals surface area (Å²) < 4.78 is 53.6. The first-order valence-electron chi connectivity index (χ1n) is 9.02. The van der Waals surface area contributed by atoms with Crippen molar-refractivity contribution in [2.24, 2.45) is 0 Å². The second kappa shape index (κ2) is 9.07. The minimum Gasteiger partial charge on any atom is -0.345 e. The molecule has 0 saturated heterocycles. The Morgan fingerprint density at radius 2 is 2.17 bits per heavy atom. The van der Waals surface area contributed by atoms with Crippen LogP contribution in [-0.2, 0) is 19.3 Å². The monoisotopic (exact) mass is 428 g/mol. The van der Waals surface area contributed by atoms with Crippen LogP contribution in [0.4, 0.5) is 17.6 Å². The quantitative estimate of drug-likeness (QED) is 0.549. The maximum Gasteiger partial charge on any atom is 0.416 e. The van der Waals surface area contributed by atoms with Crippen molar-refractivity contribution in [1.82, 2.24) is 41.3 Å². The summed E-state index contributed by atoms with van der Waals surface area (Å²) in [6, 6.07) is 1.71. The molecule has 1 atom stereocenters. The van der Waals surface area contributed by atoms with E-state index in [1.165, 1.54) is 10.9 Å². The summed E-state index contributed by atoms with van der Waals surface area (Å²) in [6.07, 6.45) is -1.36. The highest BCUT2D eigenvalue weighted by Gasteiger charge is 2.30. The third-order valence-electron chi connectivity index (χ3n) is 4.16. The molecule has 2 aromatic rings. The Morgan fingerprint density at radius 3 is 2.87 bits per heavy atom. The molecule has 162 valence electrons. The smallest absolute Gasteiger partial charge is 0.345 e. The summed E-state index contributed by atoms with van der Waals surface area (Å²) in [6.45, 7) is 1.98. The molecule has 0 saturated carbocycles. The molecule has 0 aromatic carbocycles. The van der Waals surface area contributed by atoms with Gasteiger partial charge in [0.2, 0.25) is 0 Å². The van der Waals surface area contributed by atoms with Gasteiger partial charge in [-0.15, -0.1) is 10.6 Å². The third-order valence-corrected chi connectivity index (χ3v) is 4.16. The Bertz CT molecular complexity index is 913. The highest BCUT2D eigenvalue weighted by atomic mass is 19.4. The van der Waals surface area contributed by atoms with Gasteiger partial charge in [-0.2, -0.15) is 13.2 Å². The van der Waals surface area contributed by atoms with E-state index < -0.39 is 23.8 Å². The number of hydrogen-bond acceptors (Lipinski definition) is 7. The molecule has 3 rings (SSSR count). The van der Waals surface area contributed by atoms with E-state index in [4.69, 9.17) is 0 Å². The number of pyridine rings is 1. The second-order valence-electron chi connectivity index (χ2n) is 6.67. The van der Waals surface area contributed by atoms with Crippen molar-refractivity contribution in [3.05, 3.63) is 53.4 Å². The van der Waals surface area contributed by atoms with E-state index >= 15 is 0 Å². The Balaban J connectivity index is 1.46. The number of alkyl halides is 4. The number of allylic oxidation sites excluding steroid dienone is 1. The number of halogens is 4. The van der Waals surface area contributed by atoms with Gasteiger partial charge in [0.1, 0.15) is 6.17 Å². The standard InChI is InChI=1S/C17H20F4N8O/c1-11-8-29(26-24-11)9-13(18)3-5-28-10-15(25-27-28)16(30)23-7-14-6-12(2-4-22-14)17(19,20)21/h2,4,6,8,10,13,24,26H,3,5,7,9H2,1H3,(H,23,30). The van der Waals surface area contributed by atoms with Crippen molar-refractivity contribution in [1.29, 1.82) is 0 Å². The first kappa shape index (κ1) is 21.5. The number of hydrogen-bond donors (Lipinski definition) is 3. The largest absolute Gasteiger partial charge is 0.416 e. The number of aryl methyl sites for hydroxylation is 1. The van der Waals surface area contributed by atoms with E-state index in [0.717, 1.165) is 24.0 Å². The highest BCUT2D eigenvalue weighted by Crippen LogP contribution is 2.28. The van der Waals surface area contributed by atoms with Gasteiger partial charge in [0, 0.05) is 31.1 Å². The fourth-order valence-electron chi connectivity index (χ4n) is 2.66. The molecule has 1 aliphatic heterocycles. The molecule has 0 aliphatic carbocycles. The zero-order chi connectivity index (χ0) is 21.7. The molecule has 1 unspecified atom stereocenters. The zero-order valence-electron chi connectivity index (χ0n) is 15.9. The maximum atomic E-state index is 14.1. The predicted molar refractivity (Wildman–Crippen MR) is 96.7 cm³/mol. The lowest BCUT2D eigenvalue weighted by molar-refractivity contribution is -0.137. The van der Waals surface area contributed by atoms with Crippen LogP contribution in [0.25, 0.3) is 0 Å². The van der Waals surface area contributed by atoms with E-state index in [0.29, 0.717) is 0 Å². The van der Waals surface area contributed by atoms with Crippen molar-refractivity contribution in [3.8, 4) is 0 Å². The zero-order valence-corrected chi connectivity index (χ0v) is 15.9. The molecular formula is C17H20F4N8O. The minimum atomic E-state index is -4.49. The summed E-state index contributed by atoms with van der Waals surface area (Å²) in [4.78, 5) is 15.9. The van der Waals surface area contributed by atoms with Crippen molar-refractivity contribution < 1.29 is 22.4 Å². The SMILES string of the molecule is CC1=CN(CC(F)CCn2cc(C(=O)NCc3cc(C(F)(F)F)ccn3)nn2)NN1. The van der Waals surface area contributed by atoms with Crippen molar-refractivity contribution in [2.75, 3.05) is 6.54 Å². The fraction of sp³-hybridized carbons (Fsp3) is 0.412. The molecule has 0 bridgehead atoms. The van der Waals surface area contributed by atoms with E-state index in [2.05, 4.69) is 31.6 Å². The van der Waals surface area contributed by atoms with Gasteiger partial charge in [-0.25, -0.2) is 4.39 Å². The second-order valence-corrected chi connectivity index (χ2v) is 6.67. The van der Waals surface area contributed by atoms with Crippen LogP contribution in [0, 0.1) is 0 Å². The number of hydrazine groups is 2. The van der Waals surface area contributed by atoms with E-state index in [-0.39, 0.29) is 37.4 Å². The Kier molecular flexibility index (Phi) is 6.50. The number of nitrogens with zero attached hydrogens (tertiary/aromatic N) is 5. The lowest BCUT2D eigenvalue weighted by Crippen LogP contribution is -2.39. The normalized spacial score (nSPS) is 15.0. The summed E-state index contributed by atoms with van der Waals surface area (Å²) in [5, 5.41) is 11.5. The highest BCUT2D eigenvalue weighted by molar-refractivity contribution is 5.91. The van der Waals surface area contributed by atoms with Crippen LogP contribution in [0.15, 0.2) is 36.4 Å². The summed E-state index contributed by atoms with van der Waals surface area (Å²) in [5.74, 6) is -0.620. The van der Waals surface area contributed by atoms with Crippen molar-refractivity contribution >= 4 is 5.91 Å². The minimum absolute atomic E-state index is 0.0265. The number of aromatic nitrogens is 4. The molecule has 1 aliphatic rings. The van der Waals surface area contributed by atoms with Gasteiger partial charge in [0.25, 0.3) is 5.91 Å². The van der Waals surface area contributed by atoms with Crippen LogP contribution >= 0.6 is 0 Å². The van der Waals surface area contributed by atoms with Crippen molar-refractivity contribution in [3.63, 3.8) is 0 Å². The van der Waals surface area contributed by atoms with Crippen LogP contribution in [0.2, 0.25) is 0 Å². The van der Waals surface area contributed by atoms with Gasteiger partial charge >= 0.3 is 6.18 Å². The van der Waals surface area contributed by atoms with E-state index in [9.17, 15) is 22.4 Å². The molecule has 13 heteroatoms. The number of rotatable bonds is 8. The summed E-state index contributed by atoms with van der Waals surface area (Å²) >= 11 is 0. The number of carbonyl (C=O) groups is 1. The fourth-order valence-corrected chi connectivity index (χ4v) is 2.66. The average Bonchev–Trinajstić information content (AvgIpc) is 3.33. The van der Waals surface area contributed by atoms with Crippen LogP contribution in [0.3, 0.4) is 0 Å². The van der Waals surface area contributed by atoms with Crippen molar-refractivity contribution in [2.45, 2.75) is 38.8 Å². The van der Waals surface area contributed by atoms with Gasteiger partial charge in [0.15, 0.2) is 5.69 Å². The summed E-state index contributed by atoms with van der Waals surface area (Å²) in [7, 11) is 0. The Labute approximate surface area is 169 Å². The van der Waals surface area contributed by atoms with Gasteiger partial charge in [-0.1, -0.05) is 5.21 Å². The molecule has 3 N–H and O–H groups in total. The van der Waals surface area contributed by atoms with Crippen LogP contribution in [0.1, 0.15) is 35.1 Å². The molecule has 3 heterocycles. The van der Waals surface area contributed by atoms with E-state index in [1.54, 1.807) is 11.2 Å². The molecule has 2 aromatic heterocycles. The molecule has 30 heavy (non-hydrogen) atoms. The topological polar surface area (TPSA) is 100 Å². The molecule has 0 radical (unpaired) electrons. The molecule has 0 fully saturated rings. The maximum absolute atomic E-state index is 14.1. The van der Waals surface area contributed by atoms with Gasteiger partial charge in [-0.05, 0) is 19.1 Å². The predicted octanol–water partition coefficient (Wildman–Crippen LogP) is 1.54. The number of nitrogens with one attached hydrogen (secondary N) is 3. The average molecular weight is 428 g/mol. The first-order chi connectivity index (χ1) is 14.2. The van der Waals surface area contributed by atoms with E-state index in [1.807, 2.05) is 6.92 Å². The first-order valence-corrected chi connectivity index (χ1v) is 9.02. The molecular weight excluding hydrogens is 408 g/mol. The lowest BCUT2D eigenvalue weighted by atomic mass is 10.2. The van der Waals surface area contributed by atoms with Crippen LogP contribution in [0.5, 0.6) is 0 Å². The molecule has 9 nitrogen and oxygen atoms in total. The van der Waals surface area contributed by atoms with Gasteiger partial charge in [-0.3, -0.25) is 19.5 Å². The Morgan fingerprint density at radius 1 is 1.37 bits per heavy atom. The van der Waals surface area contributed by atoms with Gasteiger partial charge < -0.3 is 10.7 Å².